The summed E-state index contributed by atoms with van der Waals surface area (Å²) in [5.74, 6) is 0. The van der Waals surface area contributed by atoms with Crippen LogP contribution in [0, 0.1) is 6.92 Å². The number of hydrogen-bond donors (Lipinski definition) is 0. The van der Waals surface area contributed by atoms with Gasteiger partial charge in [-0.3, -0.25) is 9.80 Å². The van der Waals surface area contributed by atoms with E-state index in [1.54, 1.807) is 0 Å². The van der Waals surface area contributed by atoms with Crippen LogP contribution in [0.4, 0.5) is 31.1 Å². The second-order valence-electron chi connectivity index (χ2n) is 8.29. The van der Waals surface area contributed by atoms with E-state index in [0.717, 1.165) is 30.1 Å². The Morgan fingerprint density at radius 2 is 1.34 bits per heavy atom. The predicted molar refractivity (Wildman–Crippen MR) is 105 cm³/mol. The van der Waals surface area contributed by atoms with Gasteiger partial charge in [-0.1, -0.05) is 18.2 Å². The minimum atomic E-state index is -5.71. The van der Waals surface area contributed by atoms with Gasteiger partial charge < -0.3 is 9.64 Å². The monoisotopic (exact) mass is 467 g/mol. The fourth-order valence-electron chi connectivity index (χ4n) is 4.08. The van der Waals surface area contributed by atoms with E-state index in [4.69, 9.17) is 0 Å². The number of piperazine rings is 1. The largest absolute Gasteiger partial charge is 0.434 e. The average Bonchev–Trinajstić information content (AvgIpc) is 3.21. The molecule has 11 heteroatoms. The van der Waals surface area contributed by atoms with E-state index in [1.807, 2.05) is 17.0 Å². The van der Waals surface area contributed by atoms with Crippen LogP contribution in [0.5, 0.6) is 0 Å². The highest BCUT2D eigenvalue weighted by Crippen LogP contribution is 2.36. The van der Waals surface area contributed by atoms with Crippen molar-refractivity contribution < 1.29 is 35.9 Å². The topological polar surface area (TPSA) is 36.0 Å². The standard InChI is InChI=1S/C21H27F6N3O2/c1-15-16(13-28-7-2-3-8-28)5-4-6-17(15)14-29-9-11-30(12-10-29)19(31)32-18(20(22,23)24)21(25,26)27/h4-6,18H,2-3,7-14H2,1H3. The molecule has 32 heavy (non-hydrogen) atoms. The summed E-state index contributed by atoms with van der Waals surface area (Å²) in [6.45, 7) is 6.36. The number of rotatable bonds is 5. The summed E-state index contributed by atoms with van der Waals surface area (Å²) in [7, 11) is 0. The van der Waals surface area contributed by atoms with Crippen molar-refractivity contribution >= 4 is 6.09 Å². The van der Waals surface area contributed by atoms with Crippen LogP contribution in [-0.2, 0) is 17.8 Å². The lowest BCUT2D eigenvalue weighted by Crippen LogP contribution is -2.52. The van der Waals surface area contributed by atoms with Crippen LogP contribution < -0.4 is 0 Å². The number of carbonyl (C=O) groups is 1. The van der Waals surface area contributed by atoms with Crippen molar-refractivity contribution in [2.45, 2.75) is 51.3 Å². The summed E-state index contributed by atoms with van der Waals surface area (Å²) >= 11 is 0. The van der Waals surface area contributed by atoms with Crippen LogP contribution in [0.1, 0.15) is 29.5 Å². The molecule has 0 aromatic heterocycles. The van der Waals surface area contributed by atoms with Gasteiger partial charge in [-0.05, 0) is 49.5 Å². The number of likely N-dealkylation sites (tertiary alicyclic amines) is 1. The maximum Gasteiger partial charge on any atom is 0.434 e. The van der Waals surface area contributed by atoms with E-state index in [-0.39, 0.29) is 13.1 Å². The van der Waals surface area contributed by atoms with Gasteiger partial charge >= 0.3 is 18.4 Å². The molecule has 2 heterocycles. The molecule has 0 saturated carbocycles. The van der Waals surface area contributed by atoms with Gasteiger partial charge in [0.1, 0.15) is 0 Å². The second-order valence-corrected chi connectivity index (χ2v) is 8.29. The molecule has 1 amide bonds. The van der Waals surface area contributed by atoms with Gasteiger partial charge in [0.15, 0.2) is 0 Å². The number of nitrogens with zero attached hydrogens (tertiary/aromatic N) is 3. The fourth-order valence-corrected chi connectivity index (χ4v) is 4.08. The van der Waals surface area contributed by atoms with E-state index >= 15 is 0 Å². The highest BCUT2D eigenvalue weighted by atomic mass is 19.4. The SMILES string of the molecule is Cc1c(CN2CCCC2)cccc1CN1CCN(C(=O)OC(C(F)(F)F)C(F)(F)F)CC1. The lowest BCUT2D eigenvalue weighted by molar-refractivity contribution is -0.308. The highest BCUT2D eigenvalue weighted by Gasteiger charge is 2.60. The molecule has 2 saturated heterocycles. The highest BCUT2D eigenvalue weighted by molar-refractivity contribution is 5.68. The van der Waals surface area contributed by atoms with Gasteiger partial charge in [0, 0.05) is 39.3 Å². The van der Waals surface area contributed by atoms with Crippen molar-refractivity contribution in [2.24, 2.45) is 0 Å². The Morgan fingerprint density at radius 3 is 1.81 bits per heavy atom. The Morgan fingerprint density at radius 1 is 0.875 bits per heavy atom. The Hall–Kier alpha value is -2.01. The molecule has 0 atom stereocenters. The van der Waals surface area contributed by atoms with Gasteiger partial charge in [0.05, 0.1) is 0 Å². The van der Waals surface area contributed by atoms with Crippen molar-refractivity contribution in [3.63, 3.8) is 0 Å². The number of halogens is 6. The molecule has 0 radical (unpaired) electrons. The van der Waals surface area contributed by atoms with Gasteiger partial charge in [-0.15, -0.1) is 0 Å². The van der Waals surface area contributed by atoms with Gasteiger partial charge in [0.25, 0.3) is 6.10 Å². The molecule has 5 nitrogen and oxygen atoms in total. The number of ether oxygens (including phenoxy) is 1. The van der Waals surface area contributed by atoms with Gasteiger partial charge in [0.2, 0.25) is 0 Å². The lowest BCUT2D eigenvalue weighted by atomic mass is 10.0. The van der Waals surface area contributed by atoms with Gasteiger partial charge in [-0.25, -0.2) is 4.79 Å². The zero-order valence-corrected chi connectivity index (χ0v) is 17.8. The zero-order valence-electron chi connectivity index (χ0n) is 17.8. The summed E-state index contributed by atoms with van der Waals surface area (Å²) < 4.78 is 79.5. The third-order valence-electron chi connectivity index (χ3n) is 5.99. The molecule has 2 fully saturated rings. The molecular formula is C21H27F6N3O2. The van der Waals surface area contributed by atoms with E-state index in [9.17, 15) is 31.1 Å². The third kappa shape index (κ3) is 6.28. The third-order valence-corrected chi connectivity index (χ3v) is 5.99. The smallest absolute Gasteiger partial charge is 0.426 e. The van der Waals surface area contributed by atoms with Crippen molar-refractivity contribution in [3.8, 4) is 0 Å². The molecule has 1 aromatic rings. The Labute approximate surface area is 182 Å². The first-order valence-electron chi connectivity index (χ1n) is 10.6. The summed E-state index contributed by atoms with van der Waals surface area (Å²) in [5.41, 5.74) is 3.54. The molecule has 0 bridgehead atoms. The number of benzene rings is 1. The fraction of sp³-hybridized carbons (Fsp3) is 0.667. The lowest BCUT2D eigenvalue weighted by Gasteiger charge is -2.35. The van der Waals surface area contributed by atoms with Gasteiger partial charge in [-0.2, -0.15) is 26.3 Å². The van der Waals surface area contributed by atoms with Crippen LogP contribution in [0.3, 0.4) is 0 Å². The molecule has 3 rings (SSSR count). The van der Waals surface area contributed by atoms with Crippen LogP contribution in [-0.4, -0.2) is 78.5 Å². The van der Waals surface area contributed by atoms with Crippen LogP contribution >= 0.6 is 0 Å². The summed E-state index contributed by atoms with van der Waals surface area (Å²) in [4.78, 5) is 17.2. The van der Waals surface area contributed by atoms with E-state index in [0.29, 0.717) is 19.6 Å². The second kappa shape index (κ2) is 9.86. The zero-order chi connectivity index (χ0) is 23.5. The maximum atomic E-state index is 12.6. The first kappa shape index (κ1) is 24.6. The average molecular weight is 467 g/mol. The van der Waals surface area contributed by atoms with Crippen molar-refractivity contribution in [1.29, 1.82) is 0 Å². The first-order valence-corrected chi connectivity index (χ1v) is 10.6. The van der Waals surface area contributed by atoms with Crippen LogP contribution in [0.2, 0.25) is 0 Å². The first-order chi connectivity index (χ1) is 14.9. The number of carbonyl (C=O) groups excluding carboxylic acids is 1. The minimum Gasteiger partial charge on any atom is -0.426 e. The summed E-state index contributed by atoms with van der Waals surface area (Å²) in [6, 6.07) is 6.11. The molecule has 2 aliphatic heterocycles. The normalized spacial score (nSPS) is 19.1. The number of amides is 1. The molecule has 0 aliphatic carbocycles. The molecule has 1 aromatic carbocycles. The minimum absolute atomic E-state index is 0.00617. The Bertz CT molecular complexity index is 771. The predicted octanol–water partition coefficient (Wildman–Crippen LogP) is 4.34. The summed E-state index contributed by atoms with van der Waals surface area (Å²) in [6.07, 6.45) is -14.7. The van der Waals surface area contributed by atoms with Crippen molar-refractivity contribution in [3.05, 3.63) is 34.9 Å². The van der Waals surface area contributed by atoms with Crippen molar-refractivity contribution in [2.75, 3.05) is 39.3 Å². The maximum absolute atomic E-state index is 12.6. The Balaban J connectivity index is 1.54. The van der Waals surface area contributed by atoms with E-state index in [2.05, 4.69) is 22.6 Å². The molecule has 0 unspecified atom stereocenters. The Kier molecular flexibility index (Phi) is 7.59. The van der Waals surface area contributed by atoms with Crippen molar-refractivity contribution in [1.82, 2.24) is 14.7 Å². The summed E-state index contributed by atoms with van der Waals surface area (Å²) in [5, 5.41) is 0. The molecule has 0 N–H and O–H groups in total. The van der Waals surface area contributed by atoms with E-state index < -0.39 is 24.5 Å². The van der Waals surface area contributed by atoms with Crippen LogP contribution in [0.25, 0.3) is 0 Å². The number of alkyl halides is 6. The molecule has 180 valence electrons. The van der Waals surface area contributed by atoms with Crippen LogP contribution in [0.15, 0.2) is 18.2 Å². The quantitative estimate of drug-likeness (QED) is 0.604. The number of hydrogen-bond acceptors (Lipinski definition) is 4. The molecular weight excluding hydrogens is 440 g/mol. The molecule has 2 aliphatic rings. The van der Waals surface area contributed by atoms with E-state index in [1.165, 1.54) is 24.0 Å². The molecule has 0 spiro atoms.